The van der Waals surface area contributed by atoms with Gasteiger partial charge in [-0.05, 0) is 109 Å². The van der Waals surface area contributed by atoms with Crippen molar-refractivity contribution in [1.29, 1.82) is 0 Å². The Morgan fingerprint density at radius 3 is 1.19 bits per heavy atom. The average Bonchev–Trinajstić information content (AvgIpc) is 3.44. The van der Waals surface area contributed by atoms with E-state index in [0.717, 1.165) is 83.7 Å². The Hall–Kier alpha value is -8.05. The zero-order valence-electron chi connectivity index (χ0n) is 40.9. The number of aromatic nitrogens is 4. The van der Waals surface area contributed by atoms with Crippen LogP contribution in [0.25, 0.3) is 66.5 Å². The first-order valence-electron chi connectivity index (χ1n) is 23.5. The van der Waals surface area contributed by atoms with Gasteiger partial charge in [0.15, 0.2) is 0 Å². The van der Waals surface area contributed by atoms with Gasteiger partial charge in [-0.15, -0.1) is 0 Å². The van der Waals surface area contributed by atoms with E-state index in [1.165, 1.54) is 0 Å². The first-order chi connectivity index (χ1) is 35.4. The molecule has 0 aliphatic heterocycles. The van der Waals surface area contributed by atoms with Crippen molar-refractivity contribution in [2.45, 2.75) is 18.3 Å². The number of aliphatic hydroxyl groups is 3. The van der Waals surface area contributed by atoms with Crippen LogP contribution in [-0.4, -0.2) is 122 Å². The molecule has 0 bridgehead atoms. The smallest absolute Gasteiger partial charge is 0.125 e. The van der Waals surface area contributed by atoms with Crippen LogP contribution >= 0.6 is 0 Å². The number of benzene rings is 5. The summed E-state index contributed by atoms with van der Waals surface area (Å²) >= 11 is 0. The molecule has 0 fully saturated rings. The standard InChI is InChI=1S/C20H21FN2O2.C19H19FN2O2.C18H18FN3O2/c1-23(2)16-6-3-14(4-7-16)19-9-5-15-11-18(8-10-20(15)22-19)25-13-17(24)12-21;1-21-15-5-2-13(3-6-15)18-8-4-14-10-17(7-9-19(14)22-18)24-12-16(23)11-20;1-20-18-7-3-13(10-21-18)17-5-2-12-8-15(4-6-16(12)22-17)24-11-14(23)9-19/h3-11,17,24H,12-13H2,1-2H3;2-10,16,21,23H,11-12H2,1H3;2-8,10,14,23H,9,11H2,1H3,(H,20,21)/t17-;16-;14-/m111/s1. The highest BCUT2D eigenvalue weighted by atomic mass is 19.1. The quantitative estimate of drug-likeness (QED) is 0.0552. The summed E-state index contributed by atoms with van der Waals surface area (Å²) in [6, 6.07) is 48.3. The molecule has 9 rings (SSSR count). The summed E-state index contributed by atoms with van der Waals surface area (Å²) in [4.78, 5) is 20.3. The van der Waals surface area contributed by atoms with Crippen molar-refractivity contribution in [3.8, 4) is 51.0 Å². The van der Waals surface area contributed by atoms with Gasteiger partial charge in [-0.25, -0.2) is 33.1 Å². The van der Waals surface area contributed by atoms with Gasteiger partial charge in [0, 0.05) is 78.6 Å². The van der Waals surface area contributed by atoms with Crippen LogP contribution in [0.2, 0.25) is 0 Å². The second-order valence-electron chi connectivity index (χ2n) is 17.0. The van der Waals surface area contributed by atoms with Crippen molar-refractivity contribution in [3.63, 3.8) is 0 Å². The first kappa shape index (κ1) is 52.8. The second kappa shape index (κ2) is 25.9. The minimum atomic E-state index is -1.10. The Balaban J connectivity index is 0.000000160. The predicted octanol–water partition coefficient (Wildman–Crippen LogP) is 10.4. The predicted molar refractivity (Wildman–Crippen MR) is 285 cm³/mol. The molecular weight excluding hydrogens is 936 g/mol. The van der Waals surface area contributed by atoms with E-state index in [9.17, 15) is 28.5 Å². The minimum absolute atomic E-state index is 0.0637. The number of nitrogens with one attached hydrogen (secondary N) is 2. The Morgan fingerprint density at radius 2 is 0.849 bits per heavy atom. The fraction of sp³-hybridized carbons (Fsp3) is 0.228. The number of alkyl halides is 3. The van der Waals surface area contributed by atoms with Crippen molar-refractivity contribution in [3.05, 3.63) is 158 Å². The molecule has 0 saturated carbocycles. The van der Waals surface area contributed by atoms with Crippen molar-refractivity contribution in [2.75, 3.05) is 83.6 Å². The first-order valence-corrected chi connectivity index (χ1v) is 23.5. The molecule has 0 saturated heterocycles. The molecule has 378 valence electrons. The number of hydrogen-bond acceptors (Lipinski definition) is 13. The normalized spacial score (nSPS) is 12.1. The summed E-state index contributed by atoms with van der Waals surface area (Å²) in [6.45, 7) is -2.65. The maximum Gasteiger partial charge on any atom is 0.125 e. The van der Waals surface area contributed by atoms with Crippen LogP contribution in [0.1, 0.15) is 0 Å². The van der Waals surface area contributed by atoms with E-state index in [1.807, 2.05) is 137 Å². The van der Waals surface area contributed by atoms with Gasteiger partial charge in [0.25, 0.3) is 0 Å². The summed E-state index contributed by atoms with van der Waals surface area (Å²) in [5.74, 6) is 2.55. The fourth-order valence-electron chi connectivity index (χ4n) is 7.20. The van der Waals surface area contributed by atoms with E-state index in [0.29, 0.717) is 17.2 Å². The number of halogens is 3. The molecule has 5 aromatic carbocycles. The SMILES string of the molecule is CN(C)c1ccc(-c2ccc3cc(OC[C@H](O)CF)ccc3n2)cc1.CNc1ccc(-c2ccc3cc(OC[C@H](O)CF)ccc3n2)cc1.CNc1ccc(-c2ccc3cc(OC[C@H](O)CF)ccc3n2)cn1. The third-order valence-corrected chi connectivity index (χ3v) is 11.3. The highest BCUT2D eigenvalue weighted by molar-refractivity contribution is 5.85. The van der Waals surface area contributed by atoms with Gasteiger partial charge in [0.2, 0.25) is 0 Å². The molecular formula is C57H58F3N7O6. The summed E-state index contributed by atoms with van der Waals surface area (Å²) in [5.41, 5.74) is 10.4. The topological polar surface area (TPSA) is 167 Å². The lowest BCUT2D eigenvalue weighted by molar-refractivity contribution is 0.0842. The van der Waals surface area contributed by atoms with E-state index >= 15 is 0 Å². The molecule has 0 unspecified atom stereocenters. The zero-order chi connectivity index (χ0) is 51.7. The number of hydrogen-bond donors (Lipinski definition) is 5. The van der Waals surface area contributed by atoms with Crippen molar-refractivity contribution in [1.82, 2.24) is 19.9 Å². The van der Waals surface area contributed by atoms with E-state index in [-0.39, 0.29) is 19.8 Å². The van der Waals surface area contributed by atoms with E-state index < -0.39 is 38.3 Å². The number of pyridine rings is 4. The highest BCUT2D eigenvalue weighted by Gasteiger charge is 2.10. The number of nitrogens with zero attached hydrogens (tertiary/aromatic N) is 5. The zero-order valence-corrected chi connectivity index (χ0v) is 40.9. The molecule has 0 spiro atoms. The summed E-state index contributed by atoms with van der Waals surface area (Å²) in [5, 5.41) is 36.5. The number of ether oxygens (including phenoxy) is 3. The largest absolute Gasteiger partial charge is 0.491 e. The van der Waals surface area contributed by atoms with Crippen LogP contribution in [0, 0.1) is 0 Å². The lowest BCUT2D eigenvalue weighted by Crippen LogP contribution is -2.19. The van der Waals surface area contributed by atoms with Gasteiger partial charge in [-0.2, -0.15) is 0 Å². The summed E-state index contributed by atoms with van der Waals surface area (Å²) in [6.07, 6.45) is -1.52. The highest BCUT2D eigenvalue weighted by Crippen LogP contribution is 2.28. The molecule has 0 amide bonds. The average molecular weight is 994 g/mol. The van der Waals surface area contributed by atoms with Crippen molar-refractivity contribution < 1.29 is 42.7 Å². The lowest BCUT2D eigenvalue weighted by atomic mass is 10.1. The fourth-order valence-corrected chi connectivity index (χ4v) is 7.20. The summed E-state index contributed by atoms with van der Waals surface area (Å²) in [7, 11) is 7.73. The molecule has 0 aliphatic carbocycles. The van der Waals surface area contributed by atoms with Crippen LogP contribution in [0.5, 0.6) is 17.2 Å². The maximum atomic E-state index is 12.3. The Labute approximate surface area is 421 Å². The lowest BCUT2D eigenvalue weighted by Gasteiger charge is -2.13. The molecule has 5 N–H and O–H groups in total. The minimum Gasteiger partial charge on any atom is -0.491 e. The molecule has 16 heteroatoms. The Kier molecular flexibility index (Phi) is 18.7. The Bertz CT molecular complexity index is 3030. The van der Waals surface area contributed by atoms with Crippen LogP contribution in [0.3, 0.4) is 0 Å². The number of rotatable bonds is 18. The van der Waals surface area contributed by atoms with Gasteiger partial charge in [0.05, 0.1) is 33.6 Å². The van der Waals surface area contributed by atoms with E-state index in [1.54, 1.807) is 24.4 Å². The molecule has 0 aliphatic rings. The third kappa shape index (κ3) is 14.8. The number of aliphatic hydroxyl groups excluding tert-OH is 3. The van der Waals surface area contributed by atoms with Crippen LogP contribution < -0.4 is 29.7 Å². The van der Waals surface area contributed by atoms with Gasteiger partial charge in [-0.3, -0.25) is 0 Å². The van der Waals surface area contributed by atoms with Crippen LogP contribution in [0.4, 0.5) is 30.4 Å². The molecule has 4 aromatic heterocycles. The van der Waals surface area contributed by atoms with E-state index in [2.05, 4.69) is 54.8 Å². The summed E-state index contributed by atoms with van der Waals surface area (Å²) < 4.78 is 52.9. The number of fused-ring (bicyclic) bond motifs is 3. The third-order valence-electron chi connectivity index (χ3n) is 11.3. The van der Waals surface area contributed by atoms with Crippen molar-refractivity contribution >= 4 is 49.9 Å². The van der Waals surface area contributed by atoms with Gasteiger partial charge >= 0.3 is 0 Å². The molecule has 9 aromatic rings. The van der Waals surface area contributed by atoms with Gasteiger partial charge < -0.3 is 45.1 Å². The number of anilines is 3. The molecule has 73 heavy (non-hydrogen) atoms. The maximum absolute atomic E-state index is 12.3. The molecule has 13 nitrogen and oxygen atoms in total. The second-order valence-corrected chi connectivity index (χ2v) is 17.0. The van der Waals surface area contributed by atoms with Crippen LogP contribution in [0.15, 0.2) is 158 Å². The van der Waals surface area contributed by atoms with Crippen molar-refractivity contribution in [2.24, 2.45) is 0 Å². The monoisotopic (exact) mass is 993 g/mol. The van der Waals surface area contributed by atoms with Crippen LogP contribution in [-0.2, 0) is 0 Å². The van der Waals surface area contributed by atoms with E-state index in [4.69, 9.17) is 19.2 Å². The van der Waals surface area contributed by atoms with Gasteiger partial charge in [-0.1, -0.05) is 42.5 Å². The molecule has 0 radical (unpaired) electrons. The van der Waals surface area contributed by atoms with Gasteiger partial charge in [0.1, 0.15) is 81.2 Å². The molecule has 4 heterocycles. The molecule has 3 atom stereocenters. The Morgan fingerprint density at radius 1 is 0.466 bits per heavy atom.